The van der Waals surface area contributed by atoms with Gasteiger partial charge in [0.25, 0.3) is 0 Å². The molecule has 1 fully saturated rings. The maximum absolute atomic E-state index is 9.50. The molecule has 1 aromatic rings. The van der Waals surface area contributed by atoms with E-state index in [0.717, 1.165) is 25.9 Å². The second-order valence-corrected chi connectivity index (χ2v) is 4.57. The zero-order chi connectivity index (χ0) is 11.5. The Morgan fingerprint density at radius 2 is 1.94 bits per heavy atom. The van der Waals surface area contributed by atoms with Crippen LogP contribution in [-0.4, -0.2) is 24.3 Å². The van der Waals surface area contributed by atoms with Crippen molar-refractivity contribution in [3.63, 3.8) is 0 Å². The predicted molar refractivity (Wildman–Crippen MR) is 66.5 cm³/mol. The second-order valence-electron chi connectivity index (χ2n) is 4.57. The molecule has 0 spiro atoms. The molecule has 3 nitrogen and oxygen atoms in total. The first-order valence-electron chi connectivity index (χ1n) is 5.96. The Labute approximate surface area is 96.9 Å². The van der Waals surface area contributed by atoms with Crippen LogP contribution in [0.2, 0.25) is 0 Å². The summed E-state index contributed by atoms with van der Waals surface area (Å²) in [5, 5.41) is 9.50. The van der Waals surface area contributed by atoms with Gasteiger partial charge in [0, 0.05) is 24.8 Å². The van der Waals surface area contributed by atoms with E-state index in [2.05, 4.69) is 17.0 Å². The molecule has 1 saturated heterocycles. The molecule has 1 aliphatic rings. The number of piperidine rings is 1. The lowest BCUT2D eigenvalue weighted by Crippen LogP contribution is -2.36. The van der Waals surface area contributed by atoms with E-state index in [1.165, 1.54) is 11.3 Å². The van der Waals surface area contributed by atoms with E-state index in [4.69, 9.17) is 5.73 Å². The first-order chi connectivity index (χ1) is 7.68. The fourth-order valence-electron chi connectivity index (χ4n) is 2.27. The third kappa shape index (κ3) is 2.36. The molecule has 1 aromatic carbocycles. The molecule has 16 heavy (non-hydrogen) atoms. The fourth-order valence-corrected chi connectivity index (χ4v) is 2.27. The van der Waals surface area contributed by atoms with E-state index in [1.807, 2.05) is 19.1 Å². The van der Waals surface area contributed by atoms with Gasteiger partial charge in [0.2, 0.25) is 0 Å². The van der Waals surface area contributed by atoms with Gasteiger partial charge in [-0.3, -0.25) is 0 Å². The summed E-state index contributed by atoms with van der Waals surface area (Å²) in [7, 11) is 0. The van der Waals surface area contributed by atoms with Gasteiger partial charge in [-0.05, 0) is 31.4 Å². The monoisotopic (exact) mass is 220 g/mol. The Morgan fingerprint density at radius 1 is 1.31 bits per heavy atom. The van der Waals surface area contributed by atoms with Crippen LogP contribution in [0.5, 0.6) is 0 Å². The third-order valence-electron chi connectivity index (χ3n) is 3.23. The Hall–Kier alpha value is -1.06. The summed E-state index contributed by atoms with van der Waals surface area (Å²) in [4.78, 5) is 2.32. The minimum Gasteiger partial charge on any atom is -0.393 e. The molecule has 1 atom stereocenters. The molecular weight excluding hydrogens is 200 g/mol. The Morgan fingerprint density at radius 3 is 2.56 bits per heavy atom. The van der Waals surface area contributed by atoms with Gasteiger partial charge in [-0.15, -0.1) is 0 Å². The first-order valence-corrected chi connectivity index (χ1v) is 5.96. The minimum atomic E-state index is -0.126. The van der Waals surface area contributed by atoms with Crippen LogP contribution in [-0.2, 0) is 0 Å². The molecule has 0 aromatic heterocycles. The summed E-state index contributed by atoms with van der Waals surface area (Å²) < 4.78 is 0. The number of para-hydroxylation sites is 1. The number of nitrogens with two attached hydrogens (primary N) is 1. The minimum absolute atomic E-state index is 0.0584. The van der Waals surface area contributed by atoms with E-state index >= 15 is 0 Å². The second kappa shape index (κ2) is 4.85. The van der Waals surface area contributed by atoms with Gasteiger partial charge in [0.05, 0.1) is 6.10 Å². The lowest BCUT2D eigenvalue weighted by molar-refractivity contribution is 0.145. The van der Waals surface area contributed by atoms with Crippen LogP contribution in [0.25, 0.3) is 0 Å². The number of nitrogens with zero attached hydrogens (tertiary/aromatic N) is 1. The van der Waals surface area contributed by atoms with Crippen LogP contribution in [0.1, 0.15) is 31.4 Å². The zero-order valence-electron chi connectivity index (χ0n) is 9.76. The molecule has 0 radical (unpaired) electrons. The van der Waals surface area contributed by atoms with Crippen molar-refractivity contribution in [2.45, 2.75) is 31.9 Å². The average Bonchev–Trinajstić information content (AvgIpc) is 2.30. The van der Waals surface area contributed by atoms with Gasteiger partial charge in [-0.25, -0.2) is 0 Å². The first kappa shape index (κ1) is 11.4. The van der Waals surface area contributed by atoms with Crippen molar-refractivity contribution in [2.75, 3.05) is 18.0 Å². The molecule has 1 heterocycles. The van der Waals surface area contributed by atoms with Gasteiger partial charge in [0.15, 0.2) is 0 Å². The average molecular weight is 220 g/mol. The molecule has 3 N–H and O–H groups in total. The van der Waals surface area contributed by atoms with Gasteiger partial charge in [-0.2, -0.15) is 0 Å². The zero-order valence-corrected chi connectivity index (χ0v) is 9.76. The molecule has 0 bridgehead atoms. The molecule has 0 aliphatic carbocycles. The highest BCUT2D eigenvalue weighted by Crippen LogP contribution is 2.27. The summed E-state index contributed by atoms with van der Waals surface area (Å²) in [6, 6.07) is 8.34. The van der Waals surface area contributed by atoms with Gasteiger partial charge in [0.1, 0.15) is 0 Å². The van der Waals surface area contributed by atoms with Gasteiger partial charge >= 0.3 is 0 Å². The summed E-state index contributed by atoms with van der Waals surface area (Å²) in [6.07, 6.45) is 1.58. The fraction of sp³-hybridized carbons (Fsp3) is 0.538. The SMILES string of the molecule is C[C@H](N)c1ccccc1N1CCC(O)CC1. The van der Waals surface area contributed by atoms with Crippen LogP contribution in [0, 0.1) is 0 Å². The molecule has 88 valence electrons. The van der Waals surface area contributed by atoms with Crippen molar-refractivity contribution in [1.82, 2.24) is 0 Å². The van der Waals surface area contributed by atoms with Crippen molar-refractivity contribution < 1.29 is 5.11 Å². The van der Waals surface area contributed by atoms with Crippen molar-refractivity contribution in [3.8, 4) is 0 Å². The van der Waals surface area contributed by atoms with Crippen LogP contribution in [0.15, 0.2) is 24.3 Å². The van der Waals surface area contributed by atoms with E-state index in [0.29, 0.717) is 0 Å². The molecule has 0 unspecified atom stereocenters. The maximum atomic E-state index is 9.50. The smallest absolute Gasteiger partial charge is 0.0574 e. The lowest BCUT2D eigenvalue weighted by atomic mass is 10.0. The highest BCUT2D eigenvalue weighted by molar-refractivity contribution is 5.55. The van der Waals surface area contributed by atoms with Crippen LogP contribution in [0.3, 0.4) is 0 Å². The van der Waals surface area contributed by atoms with E-state index < -0.39 is 0 Å². The van der Waals surface area contributed by atoms with Crippen molar-refractivity contribution in [2.24, 2.45) is 5.73 Å². The van der Waals surface area contributed by atoms with Gasteiger partial charge in [-0.1, -0.05) is 18.2 Å². The topological polar surface area (TPSA) is 49.5 Å². The van der Waals surface area contributed by atoms with Crippen molar-refractivity contribution >= 4 is 5.69 Å². The highest BCUT2D eigenvalue weighted by atomic mass is 16.3. The third-order valence-corrected chi connectivity index (χ3v) is 3.23. The van der Waals surface area contributed by atoms with E-state index in [-0.39, 0.29) is 12.1 Å². The summed E-state index contributed by atoms with van der Waals surface area (Å²) in [5.41, 5.74) is 8.39. The highest BCUT2D eigenvalue weighted by Gasteiger charge is 2.19. The molecule has 0 amide bonds. The summed E-state index contributed by atoms with van der Waals surface area (Å²) >= 11 is 0. The quantitative estimate of drug-likeness (QED) is 0.797. The van der Waals surface area contributed by atoms with Crippen molar-refractivity contribution in [3.05, 3.63) is 29.8 Å². The normalized spacial score (nSPS) is 19.8. The van der Waals surface area contributed by atoms with Gasteiger partial charge < -0.3 is 15.7 Å². The predicted octanol–water partition coefficient (Wildman–Crippen LogP) is 1.67. The van der Waals surface area contributed by atoms with Crippen LogP contribution >= 0.6 is 0 Å². The molecule has 0 saturated carbocycles. The Kier molecular flexibility index (Phi) is 3.46. The molecule has 3 heteroatoms. The number of aliphatic hydroxyl groups excluding tert-OH is 1. The number of rotatable bonds is 2. The van der Waals surface area contributed by atoms with Crippen LogP contribution in [0.4, 0.5) is 5.69 Å². The molecule has 1 aliphatic heterocycles. The Balaban J connectivity index is 2.19. The molecule has 2 rings (SSSR count). The number of benzene rings is 1. The largest absolute Gasteiger partial charge is 0.393 e. The van der Waals surface area contributed by atoms with E-state index in [9.17, 15) is 5.11 Å². The van der Waals surface area contributed by atoms with E-state index in [1.54, 1.807) is 0 Å². The lowest BCUT2D eigenvalue weighted by Gasteiger charge is -2.33. The summed E-state index contributed by atoms with van der Waals surface area (Å²) in [6.45, 7) is 3.85. The number of hydrogen-bond acceptors (Lipinski definition) is 3. The number of aliphatic hydroxyl groups is 1. The van der Waals surface area contributed by atoms with Crippen molar-refractivity contribution in [1.29, 1.82) is 0 Å². The molecular formula is C13H20N2O. The maximum Gasteiger partial charge on any atom is 0.0574 e. The summed E-state index contributed by atoms with van der Waals surface area (Å²) in [5.74, 6) is 0. The number of hydrogen-bond donors (Lipinski definition) is 2. The standard InChI is InChI=1S/C13H20N2O/c1-10(14)12-4-2-3-5-13(12)15-8-6-11(16)7-9-15/h2-5,10-11,16H,6-9,14H2,1H3/t10-/m0/s1. The Bertz CT molecular complexity index is 344. The van der Waals surface area contributed by atoms with Crippen LogP contribution < -0.4 is 10.6 Å². The number of anilines is 1.